The average molecular weight is 893 g/mol. The van der Waals surface area contributed by atoms with Gasteiger partial charge in [0.25, 0.3) is 0 Å². The lowest BCUT2D eigenvalue weighted by Gasteiger charge is -2.28. The van der Waals surface area contributed by atoms with Gasteiger partial charge in [-0.25, -0.2) is 0 Å². The minimum absolute atomic E-state index is 0.761. The second kappa shape index (κ2) is 15.1. The molecule has 2 heterocycles. The Morgan fingerprint density at radius 2 is 0.529 bits per heavy atom. The first-order valence-corrected chi connectivity index (χ1v) is 23.9. The highest BCUT2D eigenvalue weighted by Gasteiger charge is 2.23. The summed E-state index contributed by atoms with van der Waals surface area (Å²) in [6.45, 7) is 0. The van der Waals surface area contributed by atoms with Crippen LogP contribution in [0, 0.1) is 0 Å². The summed E-state index contributed by atoms with van der Waals surface area (Å²) in [4.78, 5) is 4.76. The minimum Gasteiger partial charge on any atom is -0.451 e. The summed E-state index contributed by atoms with van der Waals surface area (Å²) >= 11 is 0. The van der Waals surface area contributed by atoms with Crippen molar-refractivity contribution in [3.63, 3.8) is 0 Å². The van der Waals surface area contributed by atoms with Gasteiger partial charge in [0.05, 0.1) is 11.4 Å². The molecular weight excluding hydrogens is 853 g/mol. The molecule has 0 N–H and O–H groups in total. The molecule has 0 aliphatic carbocycles. The maximum absolute atomic E-state index is 7.00. The van der Waals surface area contributed by atoms with Crippen LogP contribution in [-0.4, -0.2) is 0 Å². The van der Waals surface area contributed by atoms with Gasteiger partial charge in [-0.15, -0.1) is 0 Å². The number of hydrogen-bond donors (Lipinski definition) is 0. The van der Waals surface area contributed by atoms with Crippen molar-refractivity contribution in [2.24, 2.45) is 0 Å². The van der Waals surface area contributed by atoms with Crippen LogP contribution in [0.5, 0.6) is 0 Å². The van der Waals surface area contributed by atoms with Crippen molar-refractivity contribution in [3.8, 4) is 0 Å². The standard InChI is InChI=1S/C66H40N2O2/c1-3-17-45(18-4-1)67(61-39-41-15-7-9-21-49(41)53-23-11-13-25-55(53)61)47-29-33-51-43(37-47)27-31-57-59-35-36-60-58-32-28-44-38-48(30-34-52(44)64(58)70-66(60)65(59)69-63(51)57)68(46-19-5-2-6-20-46)62-40-42-16-8-10-22-50(42)54-24-12-14-26-56(54)62/h1-40H. The lowest BCUT2D eigenvalue weighted by Crippen LogP contribution is -2.10. The third kappa shape index (κ3) is 5.77. The van der Waals surface area contributed by atoms with Gasteiger partial charge < -0.3 is 18.6 Å². The van der Waals surface area contributed by atoms with Crippen molar-refractivity contribution in [3.05, 3.63) is 243 Å². The van der Waals surface area contributed by atoms with E-state index in [9.17, 15) is 0 Å². The molecule has 0 unspecified atom stereocenters. The highest BCUT2D eigenvalue weighted by Crippen LogP contribution is 2.47. The first-order valence-electron chi connectivity index (χ1n) is 23.9. The predicted molar refractivity (Wildman–Crippen MR) is 295 cm³/mol. The van der Waals surface area contributed by atoms with Crippen LogP contribution in [0.1, 0.15) is 0 Å². The number of benzene rings is 13. The number of furan rings is 2. The van der Waals surface area contributed by atoms with Crippen LogP contribution >= 0.6 is 0 Å². The van der Waals surface area contributed by atoms with Crippen molar-refractivity contribution in [1.82, 2.24) is 0 Å². The molecule has 15 rings (SSSR count). The number of fused-ring (bicyclic) bond motifs is 17. The first kappa shape index (κ1) is 38.7. The molecule has 70 heavy (non-hydrogen) atoms. The number of hydrogen-bond acceptors (Lipinski definition) is 4. The first-order chi connectivity index (χ1) is 34.7. The maximum atomic E-state index is 7.00. The molecule has 15 aromatic rings. The third-order valence-electron chi connectivity index (χ3n) is 14.5. The largest absolute Gasteiger partial charge is 0.451 e. The van der Waals surface area contributed by atoms with Gasteiger partial charge in [-0.05, 0) is 140 Å². The topological polar surface area (TPSA) is 32.8 Å². The van der Waals surface area contributed by atoms with Crippen LogP contribution in [-0.2, 0) is 0 Å². The van der Waals surface area contributed by atoms with Gasteiger partial charge >= 0.3 is 0 Å². The summed E-state index contributed by atoms with van der Waals surface area (Å²) in [5, 5.41) is 18.3. The van der Waals surface area contributed by atoms with Gasteiger partial charge in [-0.3, -0.25) is 0 Å². The Labute approximate surface area is 402 Å². The van der Waals surface area contributed by atoms with Crippen molar-refractivity contribution >= 4 is 143 Å². The lowest BCUT2D eigenvalue weighted by molar-refractivity contribution is 0.637. The fourth-order valence-electron chi connectivity index (χ4n) is 11.3. The van der Waals surface area contributed by atoms with E-state index in [2.05, 4.69) is 252 Å². The number of para-hydroxylation sites is 2. The fraction of sp³-hybridized carbons (Fsp3) is 0. The summed E-state index contributed by atoms with van der Waals surface area (Å²) < 4.78 is 14.0. The summed E-state index contributed by atoms with van der Waals surface area (Å²) in [6.07, 6.45) is 0. The van der Waals surface area contributed by atoms with E-state index in [1.807, 2.05) is 0 Å². The molecule has 0 spiro atoms. The zero-order chi connectivity index (χ0) is 45.9. The van der Waals surface area contributed by atoms with Crippen molar-refractivity contribution in [2.45, 2.75) is 0 Å². The van der Waals surface area contributed by atoms with E-state index in [1.165, 1.54) is 43.1 Å². The Balaban J connectivity index is 0.871. The van der Waals surface area contributed by atoms with Crippen LogP contribution in [0.15, 0.2) is 251 Å². The Kier molecular flexibility index (Phi) is 8.33. The molecule has 13 aromatic carbocycles. The molecule has 0 aliphatic heterocycles. The van der Waals surface area contributed by atoms with E-state index in [-0.39, 0.29) is 0 Å². The quantitative estimate of drug-likeness (QED) is 0.156. The maximum Gasteiger partial charge on any atom is 0.178 e. The van der Waals surface area contributed by atoms with E-state index in [1.54, 1.807) is 0 Å². The Morgan fingerprint density at radius 1 is 0.200 bits per heavy atom. The highest BCUT2D eigenvalue weighted by molar-refractivity contribution is 6.25. The predicted octanol–water partition coefficient (Wildman–Crippen LogP) is 19.3. The van der Waals surface area contributed by atoms with Crippen molar-refractivity contribution in [2.75, 3.05) is 9.80 Å². The van der Waals surface area contributed by atoms with Gasteiger partial charge in [-0.2, -0.15) is 0 Å². The number of nitrogens with zero attached hydrogens (tertiary/aromatic N) is 2. The van der Waals surface area contributed by atoms with Crippen molar-refractivity contribution in [1.29, 1.82) is 0 Å². The molecule has 0 atom stereocenters. The molecular formula is C66H40N2O2. The SMILES string of the molecule is c1ccc(N(c2ccc3c(ccc4c5ccc6c7ccc8cc(N(c9ccccc9)c9cc%10ccccc%10c%10ccccc9%10)ccc8c7oc6c5oc34)c2)c2cc3ccccc3c3ccccc23)cc1. The van der Waals surface area contributed by atoms with Gasteiger partial charge in [0.15, 0.2) is 11.2 Å². The van der Waals surface area contributed by atoms with Crippen LogP contribution in [0.3, 0.4) is 0 Å². The van der Waals surface area contributed by atoms with E-state index >= 15 is 0 Å². The highest BCUT2D eigenvalue weighted by atomic mass is 16.4. The molecule has 326 valence electrons. The van der Waals surface area contributed by atoms with E-state index in [4.69, 9.17) is 8.83 Å². The molecule has 2 aromatic heterocycles. The second-order valence-corrected chi connectivity index (χ2v) is 18.4. The summed E-state index contributed by atoms with van der Waals surface area (Å²) in [5.41, 5.74) is 9.82. The average Bonchev–Trinajstić information content (AvgIpc) is 4.01. The molecule has 4 nitrogen and oxygen atoms in total. The Hall–Kier alpha value is -9.38. The van der Waals surface area contributed by atoms with E-state index in [0.717, 1.165) is 99.5 Å². The van der Waals surface area contributed by atoms with Crippen LogP contribution < -0.4 is 9.80 Å². The summed E-state index contributed by atoms with van der Waals surface area (Å²) in [5.74, 6) is 0. The molecule has 0 aliphatic rings. The van der Waals surface area contributed by atoms with Crippen LogP contribution in [0.4, 0.5) is 34.1 Å². The summed E-state index contributed by atoms with van der Waals surface area (Å²) in [7, 11) is 0. The molecule has 0 fully saturated rings. The minimum atomic E-state index is 0.761. The fourth-order valence-corrected chi connectivity index (χ4v) is 11.3. The zero-order valence-corrected chi connectivity index (χ0v) is 37.8. The normalized spacial score (nSPS) is 12.0. The molecule has 0 amide bonds. The second-order valence-electron chi connectivity index (χ2n) is 18.4. The third-order valence-corrected chi connectivity index (χ3v) is 14.5. The van der Waals surface area contributed by atoms with Crippen LogP contribution in [0.25, 0.3) is 109 Å². The molecule has 0 saturated heterocycles. The van der Waals surface area contributed by atoms with Crippen LogP contribution in [0.2, 0.25) is 0 Å². The Morgan fingerprint density at radius 3 is 0.971 bits per heavy atom. The molecule has 4 heteroatoms. The molecule has 0 bridgehead atoms. The van der Waals surface area contributed by atoms with E-state index in [0.29, 0.717) is 0 Å². The van der Waals surface area contributed by atoms with Gasteiger partial charge in [0.2, 0.25) is 0 Å². The number of anilines is 6. The zero-order valence-electron chi connectivity index (χ0n) is 37.8. The van der Waals surface area contributed by atoms with Gasteiger partial charge in [0.1, 0.15) is 11.2 Å². The number of rotatable bonds is 6. The van der Waals surface area contributed by atoms with Gasteiger partial charge in [0, 0.05) is 65.8 Å². The smallest absolute Gasteiger partial charge is 0.178 e. The molecule has 0 saturated carbocycles. The van der Waals surface area contributed by atoms with E-state index < -0.39 is 0 Å². The Bertz CT molecular complexity index is 4310. The lowest BCUT2D eigenvalue weighted by atomic mass is 9.98. The van der Waals surface area contributed by atoms with Gasteiger partial charge in [-0.1, -0.05) is 146 Å². The monoisotopic (exact) mass is 892 g/mol. The molecule has 0 radical (unpaired) electrons. The van der Waals surface area contributed by atoms with Crippen molar-refractivity contribution < 1.29 is 8.83 Å². The summed E-state index contributed by atoms with van der Waals surface area (Å²) in [6, 6.07) is 87.5.